The zero-order chi connectivity index (χ0) is 21.8. The maximum atomic E-state index is 13.6. The fourth-order valence-corrected chi connectivity index (χ4v) is 4.22. The van der Waals surface area contributed by atoms with E-state index in [-0.39, 0.29) is 25.0 Å². The summed E-state index contributed by atoms with van der Waals surface area (Å²) in [6.07, 6.45) is 0.631. The van der Waals surface area contributed by atoms with Crippen LogP contribution >= 0.6 is 11.3 Å². The Balaban J connectivity index is 1.68. The number of carbonyl (C=O) groups is 2. The molecule has 0 radical (unpaired) electrons. The number of rotatable bonds is 7. The summed E-state index contributed by atoms with van der Waals surface area (Å²) in [4.78, 5) is 32.6. The molecule has 0 bridgehead atoms. The first-order chi connectivity index (χ1) is 15.1. The number of thiazole rings is 1. The second-order valence-electron chi connectivity index (χ2n) is 6.85. The zero-order valence-corrected chi connectivity index (χ0v) is 18.1. The molecule has 7 nitrogen and oxygen atoms in total. The van der Waals surface area contributed by atoms with Gasteiger partial charge in [-0.3, -0.25) is 9.69 Å². The van der Waals surface area contributed by atoms with E-state index in [1.807, 2.05) is 30.3 Å². The molecule has 2 aromatic carbocycles. The van der Waals surface area contributed by atoms with Gasteiger partial charge in [-0.2, -0.15) is 0 Å². The van der Waals surface area contributed by atoms with Crippen molar-refractivity contribution in [3.8, 4) is 11.5 Å². The SMILES string of the molecule is CCOC(=O)c1nc(N(CCc2ccccc2)C(=O)c2cccc3c2OCO3)sc1C. The van der Waals surface area contributed by atoms with Crippen molar-refractivity contribution in [2.24, 2.45) is 0 Å². The molecular formula is C23H22N2O5S. The van der Waals surface area contributed by atoms with Crippen molar-refractivity contribution in [2.75, 3.05) is 24.8 Å². The summed E-state index contributed by atoms with van der Waals surface area (Å²) in [5, 5.41) is 0.443. The molecule has 1 aliphatic heterocycles. The Morgan fingerprint density at radius 2 is 1.94 bits per heavy atom. The molecule has 1 aromatic heterocycles. The van der Waals surface area contributed by atoms with Crippen molar-refractivity contribution in [1.82, 2.24) is 4.98 Å². The molecule has 4 rings (SSSR count). The second kappa shape index (κ2) is 9.18. The highest BCUT2D eigenvalue weighted by molar-refractivity contribution is 7.16. The fraction of sp³-hybridized carbons (Fsp3) is 0.261. The summed E-state index contributed by atoms with van der Waals surface area (Å²) in [6, 6.07) is 15.1. The van der Waals surface area contributed by atoms with E-state index in [2.05, 4.69) is 4.98 Å². The fourth-order valence-electron chi connectivity index (χ4n) is 3.30. The Hall–Kier alpha value is -3.39. The molecule has 31 heavy (non-hydrogen) atoms. The first-order valence-electron chi connectivity index (χ1n) is 9.97. The molecule has 1 aliphatic rings. The molecule has 0 N–H and O–H groups in total. The summed E-state index contributed by atoms with van der Waals surface area (Å²) in [6.45, 7) is 4.27. The van der Waals surface area contributed by atoms with Crippen molar-refractivity contribution in [3.63, 3.8) is 0 Å². The summed E-state index contributed by atoms with van der Waals surface area (Å²) >= 11 is 1.29. The molecule has 0 atom stereocenters. The first-order valence-corrected chi connectivity index (χ1v) is 10.8. The lowest BCUT2D eigenvalue weighted by Crippen LogP contribution is -2.33. The Morgan fingerprint density at radius 3 is 2.71 bits per heavy atom. The molecule has 0 unspecified atom stereocenters. The smallest absolute Gasteiger partial charge is 0.358 e. The molecule has 8 heteroatoms. The van der Waals surface area contributed by atoms with Gasteiger partial charge < -0.3 is 14.2 Å². The summed E-state index contributed by atoms with van der Waals surface area (Å²) in [5.41, 5.74) is 1.72. The van der Waals surface area contributed by atoms with E-state index in [0.717, 1.165) is 5.56 Å². The number of para-hydroxylation sites is 1. The standard InChI is InChI=1S/C23H22N2O5S/c1-3-28-22(27)19-15(2)31-23(24-19)25(13-12-16-8-5-4-6-9-16)21(26)17-10-7-11-18-20(17)30-14-29-18/h4-11H,3,12-14H2,1-2H3. The molecule has 0 saturated heterocycles. The number of hydrogen-bond donors (Lipinski definition) is 0. The monoisotopic (exact) mass is 438 g/mol. The minimum atomic E-state index is -0.490. The number of hydrogen-bond acceptors (Lipinski definition) is 7. The van der Waals surface area contributed by atoms with Crippen molar-refractivity contribution in [2.45, 2.75) is 20.3 Å². The summed E-state index contributed by atoms with van der Waals surface area (Å²) in [7, 11) is 0. The van der Waals surface area contributed by atoms with Gasteiger partial charge >= 0.3 is 5.97 Å². The lowest BCUT2D eigenvalue weighted by atomic mass is 10.1. The lowest BCUT2D eigenvalue weighted by molar-refractivity contribution is 0.0519. The van der Waals surface area contributed by atoms with Crippen molar-refractivity contribution in [3.05, 3.63) is 70.2 Å². The minimum Gasteiger partial charge on any atom is -0.461 e. The predicted octanol–water partition coefficient (Wildman–Crippen LogP) is 4.25. The number of aryl methyl sites for hydroxylation is 1. The highest BCUT2D eigenvalue weighted by atomic mass is 32.1. The number of fused-ring (bicyclic) bond motifs is 1. The van der Waals surface area contributed by atoms with Gasteiger partial charge in [-0.25, -0.2) is 9.78 Å². The van der Waals surface area contributed by atoms with Crippen LogP contribution < -0.4 is 14.4 Å². The third-order valence-electron chi connectivity index (χ3n) is 4.82. The van der Waals surface area contributed by atoms with E-state index in [0.29, 0.717) is 40.0 Å². The van der Waals surface area contributed by atoms with Crippen LogP contribution in [-0.2, 0) is 11.2 Å². The minimum absolute atomic E-state index is 0.0764. The number of carbonyl (C=O) groups excluding carboxylic acids is 2. The van der Waals surface area contributed by atoms with Crippen LogP contribution in [-0.4, -0.2) is 36.8 Å². The van der Waals surface area contributed by atoms with E-state index >= 15 is 0 Å². The summed E-state index contributed by atoms with van der Waals surface area (Å²) in [5.74, 6) is 0.213. The van der Waals surface area contributed by atoms with Gasteiger partial charge in [0.2, 0.25) is 6.79 Å². The van der Waals surface area contributed by atoms with Crippen molar-refractivity contribution >= 4 is 28.3 Å². The quantitative estimate of drug-likeness (QED) is 0.514. The predicted molar refractivity (Wildman–Crippen MR) is 117 cm³/mol. The van der Waals surface area contributed by atoms with Crippen LogP contribution in [0.4, 0.5) is 5.13 Å². The van der Waals surface area contributed by atoms with Gasteiger partial charge in [-0.1, -0.05) is 36.4 Å². The molecule has 0 fully saturated rings. The van der Waals surface area contributed by atoms with Gasteiger partial charge in [0, 0.05) is 11.4 Å². The average Bonchev–Trinajstić information content (AvgIpc) is 3.41. The summed E-state index contributed by atoms with van der Waals surface area (Å²) < 4.78 is 16.1. The normalized spacial score (nSPS) is 11.9. The van der Waals surface area contributed by atoms with E-state index in [4.69, 9.17) is 14.2 Å². The van der Waals surface area contributed by atoms with Crippen LogP contribution in [0, 0.1) is 6.92 Å². The molecule has 0 saturated carbocycles. The molecule has 0 aliphatic carbocycles. The molecule has 1 amide bonds. The van der Waals surface area contributed by atoms with Crippen LogP contribution in [0.2, 0.25) is 0 Å². The molecule has 2 heterocycles. The van der Waals surface area contributed by atoms with Crippen LogP contribution in [0.3, 0.4) is 0 Å². The molecular weight excluding hydrogens is 416 g/mol. The molecule has 160 valence electrons. The largest absolute Gasteiger partial charge is 0.461 e. The second-order valence-corrected chi connectivity index (χ2v) is 8.04. The van der Waals surface area contributed by atoms with E-state index in [1.54, 1.807) is 36.9 Å². The van der Waals surface area contributed by atoms with Gasteiger partial charge in [-0.05, 0) is 38.0 Å². The molecule has 0 spiro atoms. The topological polar surface area (TPSA) is 78.0 Å². The Bertz CT molecular complexity index is 1100. The number of esters is 1. The Labute approximate surface area is 184 Å². The number of amides is 1. The number of aromatic nitrogens is 1. The highest BCUT2D eigenvalue weighted by Crippen LogP contribution is 2.37. The van der Waals surface area contributed by atoms with Crippen molar-refractivity contribution in [1.29, 1.82) is 0 Å². The van der Waals surface area contributed by atoms with E-state index < -0.39 is 5.97 Å². The van der Waals surface area contributed by atoms with Crippen LogP contribution in [0.15, 0.2) is 48.5 Å². The van der Waals surface area contributed by atoms with Gasteiger partial charge in [-0.15, -0.1) is 11.3 Å². The Kier molecular flexibility index (Phi) is 6.18. The Morgan fingerprint density at radius 1 is 1.13 bits per heavy atom. The van der Waals surface area contributed by atoms with Crippen LogP contribution in [0.25, 0.3) is 0 Å². The number of nitrogens with zero attached hydrogens (tertiary/aromatic N) is 2. The third kappa shape index (κ3) is 4.39. The van der Waals surface area contributed by atoms with Crippen LogP contribution in [0.1, 0.15) is 38.2 Å². The highest BCUT2D eigenvalue weighted by Gasteiger charge is 2.29. The van der Waals surface area contributed by atoms with Gasteiger partial charge in [0.25, 0.3) is 5.91 Å². The maximum Gasteiger partial charge on any atom is 0.358 e. The van der Waals surface area contributed by atoms with Gasteiger partial charge in [0.1, 0.15) is 0 Å². The average molecular weight is 439 g/mol. The van der Waals surface area contributed by atoms with Crippen molar-refractivity contribution < 1.29 is 23.8 Å². The lowest BCUT2D eigenvalue weighted by Gasteiger charge is -2.20. The number of anilines is 1. The zero-order valence-electron chi connectivity index (χ0n) is 17.3. The van der Waals surface area contributed by atoms with E-state index in [9.17, 15) is 9.59 Å². The maximum absolute atomic E-state index is 13.6. The van der Waals surface area contributed by atoms with Gasteiger partial charge in [0.15, 0.2) is 22.3 Å². The number of benzene rings is 2. The van der Waals surface area contributed by atoms with Crippen LogP contribution in [0.5, 0.6) is 11.5 Å². The third-order valence-corrected chi connectivity index (χ3v) is 5.82. The molecule has 3 aromatic rings. The first kappa shape index (κ1) is 20.9. The van der Waals surface area contributed by atoms with E-state index in [1.165, 1.54) is 11.3 Å². The van der Waals surface area contributed by atoms with Gasteiger partial charge in [0.05, 0.1) is 12.2 Å². The number of ether oxygens (including phenoxy) is 3.